The fourth-order valence-electron chi connectivity index (χ4n) is 2.70. The molecule has 3 nitrogen and oxygen atoms in total. The predicted molar refractivity (Wildman–Crippen MR) is 78.1 cm³/mol. The van der Waals surface area contributed by atoms with Crippen LogP contribution in [0, 0.1) is 0 Å². The van der Waals surface area contributed by atoms with Gasteiger partial charge in [0.05, 0.1) is 13.2 Å². The summed E-state index contributed by atoms with van der Waals surface area (Å²) in [4.78, 5) is 0. The summed E-state index contributed by atoms with van der Waals surface area (Å²) < 4.78 is 11.9. The molecule has 0 spiro atoms. The first-order chi connectivity index (χ1) is 9.84. The quantitative estimate of drug-likeness (QED) is 0.928. The van der Waals surface area contributed by atoms with Crippen molar-refractivity contribution < 1.29 is 9.47 Å². The van der Waals surface area contributed by atoms with Crippen molar-refractivity contribution in [3.8, 4) is 0 Å². The molecule has 20 heavy (non-hydrogen) atoms. The van der Waals surface area contributed by atoms with Crippen LogP contribution < -0.4 is 5.73 Å². The van der Waals surface area contributed by atoms with Crippen LogP contribution in [0.3, 0.4) is 0 Å². The van der Waals surface area contributed by atoms with E-state index in [1.54, 1.807) is 0 Å². The molecule has 2 N–H and O–H groups in total. The summed E-state index contributed by atoms with van der Waals surface area (Å²) in [5, 5.41) is 0. The van der Waals surface area contributed by atoms with Gasteiger partial charge in [0.2, 0.25) is 0 Å². The summed E-state index contributed by atoms with van der Waals surface area (Å²) in [5.74, 6) is -0.674. The van der Waals surface area contributed by atoms with Gasteiger partial charge in [-0.3, -0.25) is 0 Å². The van der Waals surface area contributed by atoms with Crippen molar-refractivity contribution in [1.82, 2.24) is 0 Å². The van der Waals surface area contributed by atoms with Gasteiger partial charge in [-0.05, 0) is 11.1 Å². The average Bonchev–Trinajstić information content (AvgIpc) is 2.98. The SMILES string of the molecule is NCc1ccccc1CC1(c2ccccc2)OCCO1. The van der Waals surface area contributed by atoms with E-state index in [4.69, 9.17) is 15.2 Å². The van der Waals surface area contributed by atoms with Gasteiger partial charge in [0.25, 0.3) is 0 Å². The lowest BCUT2D eigenvalue weighted by molar-refractivity contribution is -0.164. The Bertz CT molecular complexity index is 562. The summed E-state index contributed by atoms with van der Waals surface area (Å²) in [6.45, 7) is 1.78. The molecule has 0 aliphatic carbocycles. The van der Waals surface area contributed by atoms with E-state index in [-0.39, 0.29) is 0 Å². The molecule has 1 fully saturated rings. The maximum atomic E-state index is 5.97. The minimum atomic E-state index is -0.674. The highest BCUT2D eigenvalue weighted by Crippen LogP contribution is 2.35. The molecule has 1 heterocycles. The van der Waals surface area contributed by atoms with Crippen LogP contribution in [0.5, 0.6) is 0 Å². The molecular formula is C17H19NO2. The first-order valence-electron chi connectivity index (χ1n) is 6.94. The Kier molecular flexibility index (Phi) is 3.83. The maximum Gasteiger partial charge on any atom is 0.199 e. The smallest absolute Gasteiger partial charge is 0.199 e. The normalized spacial score (nSPS) is 17.2. The molecule has 2 aromatic carbocycles. The third-order valence-corrected chi connectivity index (χ3v) is 3.73. The zero-order chi connectivity index (χ0) is 13.8. The van der Waals surface area contributed by atoms with Gasteiger partial charge in [0, 0.05) is 18.5 Å². The summed E-state index contributed by atoms with van der Waals surface area (Å²) in [6.07, 6.45) is 0.685. The number of rotatable bonds is 4. The molecule has 0 atom stereocenters. The maximum absolute atomic E-state index is 5.97. The van der Waals surface area contributed by atoms with Crippen LogP contribution in [0.15, 0.2) is 54.6 Å². The van der Waals surface area contributed by atoms with E-state index in [1.807, 2.05) is 30.3 Å². The molecule has 0 unspecified atom stereocenters. The third-order valence-electron chi connectivity index (χ3n) is 3.73. The molecule has 1 saturated heterocycles. The van der Waals surface area contributed by atoms with Gasteiger partial charge in [-0.1, -0.05) is 54.6 Å². The van der Waals surface area contributed by atoms with Gasteiger partial charge in [0.1, 0.15) is 0 Å². The van der Waals surface area contributed by atoms with E-state index in [2.05, 4.69) is 24.3 Å². The molecule has 2 aromatic rings. The minimum absolute atomic E-state index is 0.529. The molecule has 0 radical (unpaired) electrons. The molecule has 3 heteroatoms. The number of hydrogen-bond donors (Lipinski definition) is 1. The fraction of sp³-hybridized carbons (Fsp3) is 0.294. The number of benzene rings is 2. The monoisotopic (exact) mass is 269 g/mol. The molecule has 3 rings (SSSR count). The van der Waals surface area contributed by atoms with E-state index >= 15 is 0 Å². The molecule has 0 amide bonds. The second kappa shape index (κ2) is 5.75. The van der Waals surface area contributed by atoms with Crippen LogP contribution in [0.4, 0.5) is 0 Å². The van der Waals surface area contributed by atoms with Gasteiger partial charge >= 0.3 is 0 Å². The summed E-state index contributed by atoms with van der Waals surface area (Å²) in [6, 6.07) is 18.3. The molecule has 104 valence electrons. The Balaban J connectivity index is 1.96. The molecule has 1 aliphatic heterocycles. The van der Waals surface area contributed by atoms with Crippen LogP contribution in [0.25, 0.3) is 0 Å². The van der Waals surface area contributed by atoms with E-state index in [0.29, 0.717) is 26.2 Å². The molecule has 1 aliphatic rings. The first-order valence-corrected chi connectivity index (χ1v) is 6.94. The van der Waals surface area contributed by atoms with Crippen LogP contribution in [0.1, 0.15) is 16.7 Å². The lowest BCUT2D eigenvalue weighted by atomic mass is 9.94. The summed E-state index contributed by atoms with van der Waals surface area (Å²) in [7, 11) is 0. The lowest BCUT2D eigenvalue weighted by Crippen LogP contribution is -2.30. The molecule has 0 saturated carbocycles. The Hall–Kier alpha value is -1.68. The second-order valence-electron chi connectivity index (χ2n) is 4.97. The van der Waals surface area contributed by atoms with Crippen molar-refractivity contribution in [3.63, 3.8) is 0 Å². The van der Waals surface area contributed by atoms with Gasteiger partial charge in [0.15, 0.2) is 5.79 Å². The van der Waals surface area contributed by atoms with Gasteiger partial charge in [-0.25, -0.2) is 0 Å². The average molecular weight is 269 g/mol. The number of ether oxygens (including phenoxy) is 2. The van der Waals surface area contributed by atoms with Crippen LogP contribution in [-0.4, -0.2) is 13.2 Å². The van der Waals surface area contributed by atoms with E-state index in [1.165, 1.54) is 5.56 Å². The van der Waals surface area contributed by atoms with E-state index < -0.39 is 5.79 Å². The second-order valence-corrected chi connectivity index (χ2v) is 4.97. The summed E-state index contributed by atoms with van der Waals surface area (Å²) >= 11 is 0. The van der Waals surface area contributed by atoms with Crippen LogP contribution in [0.2, 0.25) is 0 Å². The summed E-state index contributed by atoms with van der Waals surface area (Å²) in [5.41, 5.74) is 9.21. The zero-order valence-corrected chi connectivity index (χ0v) is 11.4. The third kappa shape index (κ3) is 2.48. The Morgan fingerprint density at radius 3 is 2.10 bits per heavy atom. The predicted octanol–water partition coefficient (Wildman–Crippen LogP) is 2.59. The van der Waals surface area contributed by atoms with E-state index in [0.717, 1.165) is 11.1 Å². The van der Waals surface area contributed by atoms with Crippen molar-refractivity contribution in [1.29, 1.82) is 0 Å². The van der Waals surface area contributed by atoms with Gasteiger partial charge in [-0.15, -0.1) is 0 Å². The molecule has 0 bridgehead atoms. The molecular weight excluding hydrogens is 250 g/mol. The van der Waals surface area contributed by atoms with Crippen molar-refractivity contribution in [2.45, 2.75) is 18.8 Å². The zero-order valence-electron chi connectivity index (χ0n) is 11.4. The Labute approximate surface area is 119 Å². The van der Waals surface area contributed by atoms with Crippen LogP contribution >= 0.6 is 0 Å². The standard InChI is InChI=1S/C17H19NO2/c18-13-15-7-5-4-6-14(15)12-17(19-10-11-20-17)16-8-2-1-3-9-16/h1-9H,10-13,18H2. The Morgan fingerprint density at radius 2 is 1.45 bits per heavy atom. The fourth-order valence-corrected chi connectivity index (χ4v) is 2.70. The van der Waals surface area contributed by atoms with Gasteiger partial charge in [-0.2, -0.15) is 0 Å². The highest BCUT2D eigenvalue weighted by atomic mass is 16.7. The largest absolute Gasteiger partial charge is 0.343 e. The highest BCUT2D eigenvalue weighted by Gasteiger charge is 2.38. The first kappa shape index (κ1) is 13.3. The molecule has 0 aromatic heterocycles. The number of nitrogens with two attached hydrogens (primary N) is 1. The number of hydrogen-bond acceptors (Lipinski definition) is 3. The van der Waals surface area contributed by atoms with Crippen molar-refractivity contribution in [3.05, 3.63) is 71.3 Å². The van der Waals surface area contributed by atoms with E-state index in [9.17, 15) is 0 Å². The Morgan fingerprint density at radius 1 is 0.850 bits per heavy atom. The van der Waals surface area contributed by atoms with Crippen molar-refractivity contribution in [2.24, 2.45) is 5.73 Å². The van der Waals surface area contributed by atoms with Crippen molar-refractivity contribution in [2.75, 3.05) is 13.2 Å². The van der Waals surface area contributed by atoms with Crippen LogP contribution in [-0.2, 0) is 28.2 Å². The highest BCUT2D eigenvalue weighted by molar-refractivity contribution is 5.31. The van der Waals surface area contributed by atoms with Crippen molar-refractivity contribution >= 4 is 0 Å². The van der Waals surface area contributed by atoms with Gasteiger partial charge < -0.3 is 15.2 Å². The topological polar surface area (TPSA) is 44.5 Å². The lowest BCUT2D eigenvalue weighted by Gasteiger charge is -2.28. The minimum Gasteiger partial charge on any atom is -0.343 e.